The standard InChI is InChI=1S/C19H13N5O/c20-9-13-7-19(23-18-4-2-1-3-17(13)18)24-11-16(12-24)25-15-5-6-22-14(8-15)10-21/h1-8,16H,11-12H2. The second-order valence-corrected chi connectivity index (χ2v) is 5.79. The predicted molar refractivity (Wildman–Crippen MR) is 92.0 cm³/mol. The molecular weight excluding hydrogens is 314 g/mol. The van der Waals surface area contributed by atoms with Gasteiger partial charge < -0.3 is 9.64 Å². The summed E-state index contributed by atoms with van der Waals surface area (Å²) in [5.41, 5.74) is 1.77. The molecule has 0 amide bonds. The maximum absolute atomic E-state index is 9.38. The first-order chi connectivity index (χ1) is 12.3. The summed E-state index contributed by atoms with van der Waals surface area (Å²) in [5.74, 6) is 1.42. The van der Waals surface area contributed by atoms with Gasteiger partial charge in [0.2, 0.25) is 0 Å². The average Bonchev–Trinajstić information content (AvgIpc) is 2.63. The number of anilines is 1. The third kappa shape index (κ3) is 2.82. The minimum Gasteiger partial charge on any atom is -0.487 e. The molecule has 1 aromatic carbocycles. The van der Waals surface area contributed by atoms with Crippen LogP contribution in [0.25, 0.3) is 10.9 Å². The third-order valence-corrected chi connectivity index (χ3v) is 4.14. The molecule has 1 saturated heterocycles. The number of nitriles is 2. The van der Waals surface area contributed by atoms with E-state index in [1.54, 1.807) is 18.3 Å². The smallest absolute Gasteiger partial charge is 0.144 e. The van der Waals surface area contributed by atoms with Crippen LogP contribution in [0.4, 0.5) is 5.82 Å². The van der Waals surface area contributed by atoms with Gasteiger partial charge in [0, 0.05) is 17.6 Å². The Morgan fingerprint density at radius 3 is 2.72 bits per heavy atom. The van der Waals surface area contributed by atoms with Gasteiger partial charge in [-0.1, -0.05) is 18.2 Å². The second-order valence-electron chi connectivity index (χ2n) is 5.79. The number of benzene rings is 1. The summed E-state index contributed by atoms with van der Waals surface area (Å²) in [6, 6.07) is 17.1. The Bertz CT molecular complexity index is 1030. The van der Waals surface area contributed by atoms with Crippen molar-refractivity contribution in [1.29, 1.82) is 10.5 Å². The Hall–Kier alpha value is -3.64. The van der Waals surface area contributed by atoms with Gasteiger partial charge in [-0.3, -0.25) is 0 Å². The first-order valence-electron chi connectivity index (χ1n) is 7.84. The fourth-order valence-corrected chi connectivity index (χ4v) is 2.85. The van der Waals surface area contributed by atoms with Gasteiger partial charge in [-0.05, 0) is 18.2 Å². The van der Waals surface area contributed by atoms with Crippen molar-refractivity contribution in [2.24, 2.45) is 0 Å². The number of para-hydroxylation sites is 1. The molecule has 0 aliphatic carbocycles. The zero-order chi connectivity index (χ0) is 17.2. The molecule has 3 heterocycles. The monoisotopic (exact) mass is 327 g/mol. The van der Waals surface area contributed by atoms with Gasteiger partial charge in [0.05, 0.1) is 30.2 Å². The van der Waals surface area contributed by atoms with Crippen molar-refractivity contribution < 1.29 is 4.74 Å². The van der Waals surface area contributed by atoms with Crippen LogP contribution in [0.2, 0.25) is 0 Å². The van der Waals surface area contributed by atoms with Crippen molar-refractivity contribution in [2.75, 3.05) is 18.0 Å². The number of hydrogen-bond acceptors (Lipinski definition) is 6. The number of hydrogen-bond donors (Lipinski definition) is 0. The van der Waals surface area contributed by atoms with Crippen LogP contribution in [0.1, 0.15) is 11.3 Å². The highest BCUT2D eigenvalue weighted by molar-refractivity contribution is 5.86. The summed E-state index contributed by atoms with van der Waals surface area (Å²) < 4.78 is 5.86. The van der Waals surface area contributed by atoms with E-state index in [2.05, 4.69) is 20.9 Å². The molecule has 6 nitrogen and oxygen atoms in total. The average molecular weight is 327 g/mol. The molecular formula is C19H13N5O. The van der Waals surface area contributed by atoms with E-state index in [1.807, 2.05) is 36.4 Å². The lowest BCUT2D eigenvalue weighted by molar-refractivity contribution is 0.166. The number of ether oxygens (including phenoxy) is 1. The SMILES string of the molecule is N#Cc1cc(OC2CN(c3cc(C#N)c4ccccc4n3)C2)ccn1. The third-order valence-electron chi connectivity index (χ3n) is 4.14. The molecule has 120 valence electrons. The van der Waals surface area contributed by atoms with Crippen LogP contribution in [-0.4, -0.2) is 29.2 Å². The zero-order valence-electron chi connectivity index (χ0n) is 13.3. The number of pyridine rings is 2. The van der Waals surface area contributed by atoms with Crippen molar-refractivity contribution in [2.45, 2.75) is 6.10 Å². The number of fused-ring (bicyclic) bond motifs is 1. The van der Waals surface area contributed by atoms with E-state index in [1.165, 1.54) is 0 Å². The molecule has 1 aliphatic rings. The lowest BCUT2D eigenvalue weighted by Gasteiger charge is -2.39. The Kier molecular flexibility index (Phi) is 3.64. The Morgan fingerprint density at radius 1 is 1.08 bits per heavy atom. The van der Waals surface area contributed by atoms with E-state index < -0.39 is 0 Å². The van der Waals surface area contributed by atoms with Crippen LogP contribution in [0.15, 0.2) is 48.7 Å². The molecule has 0 unspecified atom stereocenters. The Balaban J connectivity index is 1.50. The van der Waals surface area contributed by atoms with Crippen molar-refractivity contribution in [3.05, 3.63) is 59.9 Å². The molecule has 25 heavy (non-hydrogen) atoms. The fourth-order valence-electron chi connectivity index (χ4n) is 2.85. The van der Waals surface area contributed by atoms with Gasteiger partial charge >= 0.3 is 0 Å². The van der Waals surface area contributed by atoms with E-state index in [0.29, 0.717) is 30.1 Å². The second kappa shape index (κ2) is 6.10. The number of rotatable bonds is 3. The Morgan fingerprint density at radius 2 is 1.92 bits per heavy atom. The predicted octanol–water partition coefficient (Wildman–Crippen LogP) is 2.64. The van der Waals surface area contributed by atoms with Crippen molar-refractivity contribution >= 4 is 16.7 Å². The molecule has 2 aromatic heterocycles. The molecule has 6 heteroatoms. The maximum atomic E-state index is 9.38. The maximum Gasteiger partial charge on any atom is 0.144 e. The molecule has 1 aliphatic heterocycles. The van der Waals surface area contributed by atoms with Crippen molar-refractivity contribution in [3.63, 3.8) is 0 Å². The highest BCUT2D eigenvalue weighted by Gasteiger charge is 2.30. The largest absolute Gasteiger partial charge is 0.487 e. The summed E-state index contributed by atoms with van der Waals surface area (Å²) in [7, 11) is 0. The first kappa shape index (κ1) is 14.9. The molecule has 0 bridgehead atoms. The van der Waals surface area contributed by atoms with Crippen LogP contribution in [0.5, 0.6) is 5.75 Å². The van der Waals surface area contributed by atoms with Gasteiger partial charge in [0.25, 0.3) is 0 Å². The Labute approximate surface area is 144 Å². The van der Waals surface area contributed by atoms with E-state index in [-0.39, 0.29) is 6.10 Å². The normalized spacial score (nSPS) is 13.8. The molecule has 0 saturated carbocycles. The van der Waals surface area contributed by atoms with Crippen LogP contribution in [0, 0.1) is 22.7 Å². The highest BCUT2D eigenvalue weighted by atomic mass is 16.5. The number of nitrogens with zero attached hydrogens (tertiary/aromatic N) is 5. The van der Waals surface area contributed by atoms with Gasteiger partial charge in [-0.15, -0.1) is 0 Å². The van der Waals surface area contributed by atoms with Crippen molar-refractivity contribution in [3.8, 4) is 17.9 Å². The van der Waals surface area contributed by atoms with Gasteiger partial charge in [0.15, 0.2) is 0 Å². The molecule has 4 rings (SSSR count). The van der Waals surface area contributed by atoms with Crippen molar-refractivity contribution in [1.82, 2.24) is 9.97 Å². The summed E-state index contributed by atoms with van der Waals surface area (Å²) in [4.78, 5) is 10.6. The van der Waals surface area contributed by atoms with Gasteiger partial charge in [0.1, 0.15) is 29.4 Å². The molecule has 0 atom stereocenters. The molecule has 0 radical (unpaired) electrons. The lowest BCUT2D eigenvalue weighted by Crippen LogP contribution is -2.54. The summed E-state index contributed by atoms with van der Waals surface area (Å²) >= 11 is 0. The van der Waals surface area contributed by atoms with E-state index >= 15 is 0 Å². The minimum absolute atomic E-state index is 0.0211. The van der Waals surface area contributed by atoms with E-state index in [0.717, 1.165) is 16.7 Å². The molecule has 0 spiro atoms. The lowest BCUT2D eigenvalue weighted by atomic mass is 10.1. The van der Waals surface area contributed by atoms with Gasteiger partial charge in [-0.2, -0.15) is 10.5 Å². The molecule has 3 aromatic rings. The molecule has 1 fully saturated rings. The van der Waals surface area contributed by atoms with E-state index in [4.69, 9.17) is 10.00 Å². The number of aromatic nitrogens is 2. The van der Waals surface area contributed by atoms with Gasteiger partial charge in [-0.25, -0.2) is 9.97 Å². The molecule has 0 N–H and O–H groups in total. The quantitative estimate of drug-likeness (QED) is 0.735. The van der Waals surface area contributed by atoms with E-state index in [9.17, 15) is 5.26 Å². The summed E-state index contributed by atoms with van der Waals surface area (Å²) in [5, 5.41) is 19.1. The zero-order valence-corrected chi connectivity index (χ0v) is 13.3. The fraction of sp³-hybridized carbons (Fsp3) is 0.158. The first-order valence-corrected chi connectivity index (χ1v) is 7.84. The van der Waals surface area contributed by atoms with Crippen LogP contribution in [-0.2, 0) is 0 Å². The summed E-state index contributed by atoms with van der Waals surface area (Å²) in [6.07, 6.45) is 1.58. The summed E-state index contributed by atoms with van der Waals surface area (Å²) in [6.45, 7) is 1.36. The minimum atomic E-state index is 0.0211. The van der Waals surface area contributed by atoms with Crippen LogP contribution < -0.4 is 9.64 Å². The topological polar surface area (TPSA) is 85.8 Å². The van der Waals surface area contributed by atoms with Crippen LogP contribution >= 0.6 is 0 Å². The van der Waals surface area contributed by atoms with Crippen LogP contribution in [0.3, 0.4) is 0 Å². The highest BCUT2D eigenvalue weighted by Crippen LogP contribution is 2.27.